The summed E-state index contributed by atoms with van der Waals surface area (Å²) in [5.74, 6) is -1.20. The van der Waals surface area contributed by atoms with E-state index in [9.17, 15) is 9.59 Å². The maximum absolute atomic E-state index is 12.5. The van der Waals surface area contributed by atoms with Crippen LogP contribution in [0.3, 0.4) is 0 Å². The van der Waals surface area contributed by atoms with Gasteiger partial charge < -0.3 is 15.2 Å². The van der Waals surface area contributed by atoms with E-state index in [1.54, 1.807) is 12.1 Å². The van der Waals surface area contributed by atoms with Gasteiger partial charge in [-0.3, -0.25) is 4.79 Å². The first kappa shape index (κ1) is 16.2. The van der Waals surface area contributed by atoms with Crippen molar-refractivity contribution in [2.75, 3.05) is 6.61 Å². The van der Waals surface area contributed by atoms with Gasteiger partial charge >= 0.3 is 5.97 Å². The fourth-order valence-electron chi connectivity index (χ4n) is 2.91. The lowest BCUT2D eigenvalue weighted by atomic mass is 9.94. The van der Waals surface area contributed by atoms with Gasteiger partial charge in [0.05, 0.1) is 17.6 Å². The summed E-state index contributed by atoms with van der Waals surface area (Å²) in [6.07, 6.45) is 0.490. The molecule has 0 radical (unpaired) electrons. The van der Waals surface area contributed by atoms with Crippen LogP contribution in [0.15, 0.2) is 54.6 Å². The third kappa shape index (κ3) is 3.63. The summed E-state index contributed by atoms with van der Waals surface area (Å²) < 4.78 is 5.74. The Kier molecular flexibility index (Phi) is 4.91. The minimum atomic E-state index is -0.959. The number of aromatic carboxylic acids is 1. The summed E-state index contributed by atoms with van der Waals surface area (Å²) in [5, 5.41) is 11.8. The average molecular weight is 325 g/mol. The van der Waals surface area contributed by atoms with E-state index in [1.807, 2.05) is 30.3 Å². The Morgan fingerprint density at radius 3 is 2.46 bits per heavy atom. The number of amides is 1. The first-order valence-corrected chi connectivity index (χ1v) is 7.91. The second-order valence-corrected chi connectivity index (χ2v) is 5.82. The molecule has 1 aliphatic rings. The van der Waals surface area contributed by atoms with Crippen molar-refractivity contribution >= 4 is 11.9 Å². The Labute approximate surface area is 140 Å². The number of nitrogens with one attached hydrogen (secondary N) is 1. The van der Waals surface area contributed by atoms with E-state index in [4.69, 9.17) is 9.84 Å². The highest BCUT2D eigenvalue weighted by molar-refractivity contribution is 5.87. The molecule has 0 aliphatic carbocycles. The molecule has 1 heterocycles. The zero-order valence-electron chi connectivity index (χ0n) is 13.1. The quantitative estimate of drug-likeness (QED) is 0.886. The van der Waals surface area contributed by atoms with Gasteiger partial charge in [-0.2, -0.15) is 0 Å². The van der Waals surface area contributed by atoms with Crippen LogP contribution in [0.4, 0.5) is 0 Å². The van der Waals surface area contributed by atoms with Gasteiger partial charge in [-0.05, 0) is 29.7 Å². The molecular weight excluding hydrogens is 306 g/mol. The number of benzene rings is 2. The SMILES string of the molecule is O=C(O)c1ccc(CNC(=O)[C@@H]2CCO[C@H]2c2ccccc2)cc1. The molecule has 1 saturated heterocycles. The Morgan fingerprint density at radius 1 is 1.08 bits per heavy atom. The summed E-state index contributed by atoms with van der Waals surface area (Å²) >= 11 is 0. The van der Waals surface area contributed by atoms with E-state index < -0.39 is 5.97 Å². The summed E-state index contributed by atoms with van der Waals surface area (Å²) in [7, 11) is 0. The molecule has 0 unspecified atom stereocenters. The number of carbonyl (C=O) groups excluding carboxylic acids is 1. The lowest BCUT2D eigenvalue weighted by Gasteiger charge is -2.18. The van der Waals surface area contributed by atoms with Crippen molar-refractivity contribution in [3.8, 4) is 0 Å². The number of rotatable bonds is 5. The van der Waals surface area contributed by atoms with Crippen LogP contribution >= 0.6 is 0 Å². The minimum Gasteiger partial charge on any atom is -0.478 e. The van der Waals surface area contributed by atoms with E-state index >= 15 is 0 Å². The molecule has 2 atom stereocenters. The van der Waals surface area contributed by atoms with Crippen molar-refractivity contribution in [1.82, 2.24) is 5.32 Å². The smallest absolute Gasteiger partial charge is 0.335 e. The summed E-state index contributed by atoms with van der Waals surface area (Å²) in [4.78, 5) is 23.3. The van der Waals surface area contributed by atoms with Gasteiger partial charge in [0.25, 0.3) is 0 Å². The number of hydrogen-bond donors (Lipinski definition) is 2. The molecule has 0 bridgehead atoms. The zero-order chi connectivity index (χ0) is 16.9. The lowest BCUT2D eigenvalue weighted by molar-refractivity contribution is -0.126. The van der Waals surface area contributed by atoms with Crippen LogP contribution < -0.4 is 5.32 Å². The first-order chi connectivity index (χ1) is 11.6. The third-order valence-corrected chi connectivity index (χ3v) is 4.22. The van der Waals surface area contributed by atoms with Crippen LogP contribution in [-0.4, -0.2) is 23.6 Å². The Hall–Kier alpha value is -2.66. The van der Waals surface area contributed by atoms with Gasteiger partial charge in [0.2, 0.25) is 5.91 Å². The molecule has 0 saturated carbocycles. The molecule has 1 fully saturated rings. The van der Waals surface area contributed by atoms with Gasteiger partial charge in [-0.15, -0.1) is 0 Å². The number of carbonyl (C=O) groups is 2. The maximum atomic E-state index is 12.5. The number of ether oxygens (including phenoxy) is 1. The van der Waals surface area contributed by atoms with E-state index in [2.05, 4.69) is 5.32 Å². The normalized spacial score (nSPS) is 19.8. The van der Waals surface area contributed by atoms with Gasteiger partial charge in [-0.1, -0.05) is 42.5 Å². The number of carboxylic acid groups (broad SMARTS) is 1. The van der Waals surface area contributed by atoms with E-state index in [1.165, 1.54) is 12.1 Å². The molecule has 24 heavy (non-hydrogen) atoms. The summed E-state index contributed by atoms with van der Waals surface area (Å²) in [6.45, 7) is 0.946. The molecule has 1 aliphatic heterocycles. The Bertz CT molecular complexity index is 712. The van der Waals surface area contributed by atoms with E-state index in [-0.39, 0.29) is 23.5 Å². The van der Waals surface area contributed by atoms with Crippen LogP contribution in [-0.2, 0) is 16.1 Å². The largest absolute Gasteiger partial charge is 0.478 e. The molecule has 1 amide bonds. The molecule has 3 rings (SSSR count). The van der Waals surface area contributed by atoms with Crippen LogP contribution in [0, 0.1) is 5.92 Å². The van der Waals surface area contributed by atoms with Gasteiger partial charge in [0, 0.05) is 13.2 Å². The van der Waals surface area contributed by atoms with Crippen LogP contribution in [0.5, 0.6) is 0 Å². The third-order valence-electron chi connectivity index (χ3n) is 4.22. The highest BCUT2D eigenvalue weighted by atomic mass is 16.5. The lowest BCUT2D eigenvalue weighted by Crippen LogP contribution is -2.31. The molecule has 0 spiro atoms. The van der Waals surface area contributed by atoms with Gasteiger partial charge in [0.1, 0.15) is 0 Å². The second kappa shape index (κ2) is 7.27. The van der Waals surface area contributed by atoms with E-state index in [0.717, 1.165) is 11.1 Å². The molecule has 0 aromatic heterocycles. The van der Waals surface area contributed by atoms with Crippen molar-refractivity contribution in [2.24, 2.45) is 5.92 Å². The van der Waals surface area contributed by atoms with Crippen molar-refractivity contribution in [2.45, 2.75) is 19.1 Å². The molecule has 2 N–H and O–H groups in total. The van der Waals surface area contributed by atoms with E-state index in [0.29, 0.717) is 19.6 Å². The Balaban J connectivity index is 1.61. The fraction of sp³-hybridized carbons (Fsp3) is 0.263. The standard InChI is InChI=1S/C19H19NO4/c21-18(20-12-13-6-8-15(9-7-13)19(22)23)16-10-11-24-17(16)14-4-2-1-3-5-14/h1-9,16-17H,10-12H2,(H,20,21)(H,22,23)/t16-,17+/m1/s1. The average Bonchev–Trinajstić information content (AvgIpc) is 3.10. The van der Waals surface area contributed by atoms with Gasteiger partial charge in [-0.25, -0.2) is 4.79 Å². The highest BCUT2D eigenvalue weighted by Gasteiger charge is 2.34. The fourth-order valence-corrected chi connectivity index (χ4v) is 2.91. The van der Waals surface area contributed by atoms with Crippen molar-refractivity contribution in [1.29, 1.82) is 0 Å². The highest BCUT2D eigenvalue weighted by Crippen LogP contribution is 2.34. The molecule has 5 nitrogen and oxygen atoms in total. The van der Waals surface area contributed by atoms with Crippen molar-refractivity contribution < 1.29 is 19.4 Å². The summed E-state index contributed by atoms with van der Waals surface area (Å²) in [5.41, 5.74) is 2.11. The predicted octanol–water partition coefficient (Wildman–Crippen LogP) is 2.78. The molecular formula is C19H19NO4. The first-order valence-electron chi connectivity index (χ1n) is 7.91. The topological polar surface area (TPSA) is 75.6 Å². The molecule has 2 aromatic carbocycles. The molecule has 5 heteroatoms. The number of carboxylic acids is 1. The van der Waals surface area contributed by atoms with Crippen molar-refractivity contribution in [3.63, 3.8) is 0 Å². The predicted molar refractivity (Wildman–Crippen MR) is 88.5 cm³/mol. The molecule has 2 aromatic rings. The Morgan fingerprint density at radius 2 is 1.79 bits per heavy atom. The van der Waals surface area contributed by atoms with Crippen LogP contribution in [0.1, 0.15) is 34.0 Å². The van der Waals surface area contributed by atoms with Crippen LogP contribution in [0.2, 0.25) is 0 Å². The summed E-state index contributed by atoms with van der Waals surface area (Å²) in [6, 6.07) is 16.3. The number of hydrogen-bond acceptors (Lipinski definition) is 3. The van der Waals surface area contributed by atoms with Crippen LogP contribution in [0.25, 0.3) is 0 Å². The minimum absolute atomic E-state index is 0.0383. The molecule has 124 valence electrons. The zero-order valence-corrected chi connectivity index (χ0v) is 13.1. The monoisotopic (exact) mass is 325 g/mol. The maximum Gasteiger partial charge on any atom is 0.335 e. The van der Waals surface area contributed by atoms with Gasteiger partial charge in [0.15, 0.2) is 0 Å². The second-order valence-electron chi connectivity index (χ2n) is 5.82. The van der Waals surface area contributed by atoms with Crippen molar-refractivity contribution in [3.05, 3.63) is 71.3 Å².